The molecule has 0 aliphatic carbocycles. The minimum absolute atomic E-state index is 0.577. The first kappa shape index (κ1) is 14.9. The van der Waals surface area contributed by atoms with Crippen LogP contribution in [0.3, 0.4) is 0 Å². The van der Waals surface area contributed by atoms with Gasteiger partial charge in [0, 0.05) is 10.4 Å². The van der Waals surface area contributed by atoms with E-state index >= 15 is 0 Å². The number of nitrogens with zero attached hydrogens (tertiary/aromatic N) is 1. The highest BCUT2D eigenvalue weighted by molar-refractivity contribution is 8.01. The molecular weight excluding hydrogens is 324 g/mol. The van der Waals surface area contributed by atoms with Gasteiger partial charge < -0.3 is 13.9 Å². The summed E-state index contributed by atoms with van der Waals surface area (Å²) in [5, 5.41) is 11.6. The number of methoxy groups -OCH3 is 1. The van der Waals surface area contributed by atoms with Gasteiger partial charge in [-0.25, -0.2) is 0 Å². The minimum Gasteiger partial charge on any atom is -0.495 e. The summed E-state index contributed by atoms with van der Waals surface area (Å²) in [6.07, 6.45) is 1.61. The average molecular weight is 337 g/mol. The summed E-state index contributed by atoms with van der Waals surface area (Å²) in [5.41, 5.74) is 2.06. The van der Waals surface area contributed by atoms with Crippen molar-refractivity contribution in [2.75, 3.05) is 16.3 Å². The molecule has 0 saturated carbocycles. The molecule has 2 N–H and O–H groups in total. The third kappa shape index (κ3) is 3.09. The number of furan rings is 1. The lowest BCUT2D eigenvalue weighted by atomic mass is 10.2. The molecule has 3 rings (SSSR count). The third-order valence-corrected chi connectivity index (χ3v) is 3.99. The van der Waals surface area contributed by atoms with Crippen molar-refractivity contribution in [2.45, 2.75) is 0 Å². The molecule has 1 aromatic heterocycles. The molecule has 2 aromatic carbocycles. The van der Waals surface area contributed by atoms with E-state index in [-0.39, 0.29) is 0 Å². The van der Waals surface area contributed by atoms with Crippen LogP contribution in [-0.2, 0) is 0 Å². The van der Waals surface area contributed by atoms with Crippen molar-refractivity contribution >= 4 is 46.1 Å². The smallest absolute Gasteiger partial charge is 0.142 e. The van der Waals surface area contributed by atoms with Crippen LogP contribution in [-0.4, -0.2) is 12.3 Å². The Morgan fingerprint density at radius 1 is 1.23 bits per heavy atom. The van der Waals surface area contributed by atoms with Gasteiger partial charge in [0.2, 0.25) is 0 Å². The predicted molar refractivity (Wildman–Crippen MR) is 89.7 cm³/mol. The number of hydrogen-bond acceptors (Lipinski definition) is 6. The Morgan fingerprint density at radius 2 is 2.09 bits per heavy atom. The highest BCUT2D eigenvalue weighted by Gasteiger charge is 2.09. The Balaban J connectivity index is 1.74. The van der Waals surface area contributed by atoms with Crippen LogP contribution in [0, 0.1) is 0 Å². The number of ether oxygens (including phenoxy) is 1. The molecule has 1 heterocycles. The number of halogens is 1. The molecule has 0 spiro atoms. The largest absolute Gasteiger partial charge is 0.495 e. The van der Waals surface area contributed by atoms with Crippen LogP contribution >= 0.6 is 23.7 Å². The SMILES string of the molecule is COc1ccc(Cl)cc1NSN(O)c1ccc2occc2c1. The van der Waals surface area contributed by atoms with Gasteiger partial charge >= 0.3 is 0 Å². The van der Waals surface area contributed by atoms with E-state index in [4.69, 9.17) is 20.8 Å². The maximum Gasteiger partial charge on any atom is 0.142 e. The summed E-state index contributed by atoms with van der Waals surface area (Å²) in [5.74, 6) is 0.635. The molecule has 114 valence electrons. The topological polar surface area (TPSA) is 57.9 Å². The van der Waals surface area contributed by atoms with Gasteiger partial charge in [0.15, 0.2) is 0 Å². The second-order valence-electron chi connectivity index (χ2n) is 4.45. The van der Waals surface area contributed by atoms with E-state index in [0.29, 0.717) is 22.1 Å². The monoisotopic (exact) mass is 336 g/mol. The first-order chi connectivity index (χ1) is 10.7. The lowest BCUT2D eigenvalue weighted by Crippen LogP contribution is -2.11. The molecule has 7 heteroatoms. The zero-order valence-electron chi connectivity index (χ0n) is 11.6. The molecule has 22 heavy (non-hydrogen) atoms. The highest BCUT2D eigenvalue weighted by atomic mass is 35.5. The van der Waals surface area contributed by atoms with Gasteiger partial charge in [-0.05, 0) is 42.5 Å². The number of fused-ring (bicyclic) bond motifs is 1. The van der Waals surface area contributed by atoms with Gasteiger partial charge in [-0.15, -0.1) is 0 Å². The Bertz CT molecular complexity index is 793. The summed E-state index contributed by atoms with van der Waals surface area (Å²) in [4.78, 5) is 0. The fraction of sp³-hybridized carbons (Fsp3) is 0.0667. The summed E-state index contributed by atoms with van der Waals surface area (Å²) in [6, 6.07) is 12.4. The molecule has 0 aliphatic rings. The quantitative estimate of drug-likeness (QED) is 0.507. The zero-order valence-corrected chi connectivity index (χ0v) is 13.2. The van der Waals surface area contributed by atoms with Gasteiger partial charge in [0.05, 0.1) is 36.9 Å². The van der Waals surface area contributed by atoms with Gasteiger partial charge in [0.1, 0.15) is 11.3 Å². The van der Waals surface area contributed by atoms with Crippen LogP contribution in [0.15, 0.2) is 53.1 Å². The number of benzene rings is 2. The Labute approximate surface area is 136 Å². The lowest BCUT2D eigenvalue weighted by molar-refractivity contribution is 0.332. The summed E-state index contributed by atoms with van der Waals surface area (Å²) in [7, 11) is 1.57. The van der Waals surface area contributed by atoms with Gasteiger partial charge in [-0.3, -0.25) is 5.21 Å². The first-order valence-electron chi connectivity index (χ1n) is 6.40. The fourth-order valence-electron chi connectivity index (χ4n) is 1.98. The fourth-order valence-corrected chi connectivity index (χ4v) is 2.71. The van der Waals surface area contributed by atoms with Crippen LogP contribution in [0.2, 0.25) is 5.02 Å². The molecule has 0 aliphatic heterocycles. The van der Waals surface area contributed by atoms with Crippen LogP contribution in [0.5, 0.6) is 5.75 Å². The van der Waals surface area contributed by atoms with Gasteiger partial charge in [0.25, 0.3) is 0 Å². The summed E-state index contributed by atoms with van der Waals surface area (Å²) < 4.78 is 14.5. The van der Waals surface area contributed by atoms with E-state index in [2.05, 4.69) is 4.72 Å². The predicted octanol–water partition coefficient (Wildman–Crippen LogP) is 4.97. The molecule has 0 unspecified atom stereocenters. The molecule has 0 fully saturated rings. The first-order valence-corrected chi connectivity index (χ1v) is 7.55. The maximum absolute atomic E-state index is 10.1. The van der Waals surface area contributed by atoms with Crippen molar-refractivity contribution in [1.29, 1.82) is 0 Å². The maximum atomic E-state index is 10.1. The van der Waals surface area contributed by atoms with Crippen molar-refractivity contribution in [2.24, 2.45) is 0 Å². The number of hydrogen-bond donors (Lipinski definition) is 2. The molecule has 0 saturated heterocycles. The lowest BCUT2D eigenvalue weighted by Gasteiger charge is -2.17. The van der Waals surface area contributed by atoms with E-state index in [1.54, 1.807) is 43.7 Å². The van der Waals surface area contributed by atoms with Crippen molar-refractivity contribution in [3.8, 4) is 5.75 Å². The second kappa shape index (κ2) is 6.39. The number of nitrogens with one attached hydrogen (secondary N) is 1. The third-order valence-electron chi connectivity index (χ3n) is 3.06. The normalized spacial score (nSPS) is 10.7. The number of anilines is 2. The summed E-state index contributed by atoms with van der Waals surface area (Å²) >= 11 is 6.97. The molecule has 0 radical (unpaired) electrons. The van der Waals surface area contributed by atoms with E-state index in [1.165, 1.54) is 0 Å². The molecule has 5 nitrogen and oxygen atoms in total. The molecule has 0 amide bonds. The Morgan fingerprint density at radius 3 is 2.91 bits per heavy atom. The zero-order chi connectivity index (χ0) is 15.5. The van der Waals surface area contributed by atoms with E-state index in [0.717, 1.165) is 27.6 Å². The molecule has 0 bridgehead atoms. The molecule has 3 aromatic rings. The molecular formula is C15H13ClN2O3S. The van der Waals surface area contributed by atoms with Crippen LogP contribution in [0.25, 0.3) is 11.0 Å². The Hall–Kier alpha value is -2.02. The van der Waals surface area contributed by atoms with Crippen molar-refractivity contribution < 1.29 is 14.4 Å². The Kier molecular flexibility index (Phi) is 4.33. The van der Waals surface area contributed by atoms with Crippen LogP contribution in [0.1, 0.15) is 0 Å². The standard InChI is InChI=1S/C15H13ClN2O3S/c1-20-15-4-2-11(16)9-13(15)17-22-18(19)12-3-5-14-10(8-12)6-7-21-14/h2-9,17,19H,1H3. The van der Waals surface area contributed by atoms with Crippen molar-refractivity contribution in [3.63, 3.8) is 0 Å². The van der Waals surface area contributed by atoms with Crippen molar-refractivity contribution in [1.82, 2.24) is 0 Å². The van der Waals surface area contributed by atoms with Crippen LogP contribution < -0.4 is 13.9 Å². The van der Waals surface area contributed by atoms with E-state index in [9.17, 15) is 5.21 Å². The van der Waals surface area contributed by atoms with E-state index in [1.807, 2.05) is 12.1 Å². The molecule has 0 atom stereocenters. The summed E-state index contributed by atoms with van der Waals surface area (Å²) in [6.45, 7) is 0. The highest BCUT2D eigenvalue weighted by Crippen LogP contribution is 2.32. The van der Waals surface area contributed by atoms with Crippen molar-refractivity contribution in [3.05, 3.63) is 53.8 Å². The minimum atomic E-state index is 0.577. The van der Waals surface area contributed by atoms with Crippen LogP contribution in [0.4, 0.5) is 11.4 Å². The second-order valence-corrected chi connectivity index (χ2v) is 5.62. The van der Waals surface area contributed by atoms with Gasteiger partial charge in [-0.1, -0.05) is 11.6 Å². The van der Waals surface area contributed by atoms with E-state index < -0.39 is 0 Å². The number of rotatable bonds is 5. The average Bonchev–Trinajstić information content (AvgIpc) is 3.00. The van der Waals surface area contributed by atoms with Gasteiger partial charge in [-0.2, -0.15) is 4.47 Å².